The highest BCUT2D eigenvalue weighted by Crippen LogP contribution is 2.45. The molecule has 3 unspecified atom stereocenters. The number of hydrogen-bond donors (Lipinski definition) is 6. The van der Waals surface area contributed by atoms with Crippen LogP contribution in [0.3, 0.4) is 0 Å². The number of hydroxylamine groups is 1. The van der Waals surface area contributed by atoms with E-state index in [1.54, 1.807) is 5.48 Å². The van der Waals surface area contributed by atoms with E-state index in [1.807, 2.05) is 119 Å². The van der Waals surface area contributed by atoms with Gasteiger partial charge < -0.3 is 52.4 Å². The molecule has 0 radical (unpaired) electrons. The van der Waals surface area contributed by atoms with E-state index >= 15 is 0 Å². The second-order valence-electron chi connectivity index (χ2n) is 34.2. The predicted octanol–water partition coefficient (Wildman–Crippen LogP) is 18.0. The van der Waals surface area contributed by atoms with Gasteiger partial charge in [0.15, 0.2) is 11.6 Å². The van der Waals surface area contributed by atoms with E-state index in [4.69, 9.17) is 43.3 Å². The highest BCUT2D eigenvalue weighted by Gasteiger charge is 2.36. The van der Waals surface area contributed by atoms with Gasteiger partial charge in [0.25, 0.3) is 6.47 Å². The Hall–Kier alpha value is -8.15. The smallest absolute Gasteiger partial charge is 0.373 e. The Labute approximate surface area is 715 Å². The van der Waals surface area contributed by atoms with Gasteiger partial charge in [-0.05, 0) is 207 Å². The zero-order valence-corrected chi connectivity index (χ0v) is 76.7. The summed E-state index contributed by atoms with van der Waals surface area (Å²) in [5.41, 5.74) is 18.5. The average Bonchev–Trinajstić information content (AvgIpc) is 0.782. The van der Waals surface area contributed by atoms with E-state index < -0.39 is 18.3 Å². The highest BCUT2D eigenvalue weighted by atomic mass is 35.5. The molecule has 0 aliphatic heterocycles. The number of nitrogens with one attached hydrogen (secondary N) is 1. The van der Waals surface area contributed by atoms with Gasteiger partial charge in [-0.15, -0.1) is 0 Å². The van der Waals surface area contributed by atoms with Crippen LogP contribution in [0, 0.1) is 50.9 Å². The zero-order valence-electron chi connectivity index (χ0n) is 75.9. The molecule has 18 nitrogen and oxygen atoms in total. The molecular weight excluding hydrogens is 1510 g/mol. The molecule has 0 spiro atoms. The summed E-state index contributed by atoms with van der Waals surface area (Å²) in [6.45, 7) is 48.4. The number of aliphatic hydroxyl groups excluding tert-OH is 3. The van der Waals surface area contributed by atoms with E-state index in [-0.39, 0.29) is 94.5 Å². The second kappa shape index (κ2) is 56.4. The molecule has 0 aliphatic rings. The van der Waals surface area contributed by atoms with Crippen molar-refractivity contribution >= 4 is 36.2 Å². The molecule has 658 valence electrons. The quantitative estimate of drug-likeness (QED) is 0.00682. The maximum Gasteiger partial charge on any atom is 0.373 e. The van der Waals surface area contributed by atoms with Crippen molar-refractivity contribution < 1.29 is 96.0 Å². The Morgan fingerprint density at radius 2 is 0.678 bits per heavy atom. The SMILES string of the molecule is CCC(CC)(c1ccc(C(=O)CCCCCCC(=O)NO)cc1)c1ccc(OCC(O)C(C)(C)C)c(C)c1.CCC(CC)(c1ccc(OC=O)c(C)c1)c1ccc(OCC(O)C(C)(C)C)c(C)c1.CCCCCCCC(=O)c1ccc(C(CC)(CC)c2ccc(OCC(O)C(C)(C)C)c(C)c2)cc1C.CCCCCC[NH3+].O=C=O.O=C=O.[Cl-]. The van der Waals surface area contributed by atoms with E-state index in [0.717, 1.165) is 133 Å². The van der Waals surface area contributed by atoms with Crippen LogP contribution in [-0.2, 0) is 45.0 Å². The maximum absolute atomic E-state index is 12.9. The lowest BCUT2D eigenvalue weighted by molar-refractivity contribution is -0.368. The first-order valence-corrected chi connectivity index (χ1v) is 42.8. The molecule has 6 rings (SSSR count). The Morgan fingerprint density at radius 1 is 0.398 bits per heavy atom. The number of Topliss-reactive ketones (excluding diaryl/α,β-unsaturated/α-hetero) is 2. The molecule has 0 bridgehead atoms. The van der Waals surface area contributed by atoms with Crippen molar-refractivity contribution in [3.63, 3.8) is 0 Å². The van der Waals surface area contributed by atoms with Crippen LogP contribution in [-0.4, -0.2) is 101 Å². The number of hydrogen-bond acceptors (Lipinski definition) is 16. The summed E-state index contributed by atoms with van der Waals surface area (Å²) < 4.78 is 22.9. The lowest BCUT2D eigenvalue weighted by Crippen LogP contribution is -3.00. The minimum absolute atomic E-state index is 0. The van der Waals surface area contributed by atoms with Gasteiger partial charge in [-0.3, -0.25) is 24.4 Å². The maximum atomic E-state index is 12.9. The first kappa shape index (κ1) is 110. The largest absolute Gasteiger partial charge is 1.00 e. The van der Waals surface area contributed by atoms with Gasteiger partial charge in [-0.25, -0.2) is 5.48 Å². The minimum Gasteiger partial charge on any atom is -1.00 e. The molecule has 0 aromatic heterocycles. The van der Waals surface area contributed by atoms with E-state index in [9.17, 15) is 34.5 Å². The molecule has 0 saturated carbocycles. The van der Waals surface area contributed by atoms with Gasteiger partial charge in [-0.1, -0.05) is 260 Å². The summed E-state index contributed by atoms with van der Waals surface area (Å²) in [5.74, 6) is 3.03. The van der Waals surface area contributed by atoms with E-state index in [2.05, 4.69) is 154 Å². The molecule has 0 heterocycles. The number of benzene rings is 6. The summed E-state index contributed by atoms with van der Waals surface area (Å²) >= 11 is 0. The number of aryl methyl sites for hydroxylation is 5. The van der Waals surface area contributed by atoms with Gasteiger partial charge >= 0.3 is 12.3 Å². The molecule has 0 fully saturated rings. The van der Waals surface area contributed by atoms with Gasteiger partial charge in [0.05, 0.1) is 24.9 Å². The fourth-order valence-corrected chi connectivity index (χ4v) is 14.4. The van der Waals surface area contributed by atoms with E-state index in [1.165, 1.54) is 78.3 Å². The van der Waals surface area contributed by atoms with Gasteiger partial charge in [0.1, 0.15) is 42.8 Å². The average molecular weight is 1660 g/mol. The number of ketones is 2. The number of unbranched alkanes of at least 4 members (excludes halogenated alkanes) is 10. The number of amides is 1. The lowest BCUT2D eigenvalue weighted by Gasteiger charge is -2.34. The minimum atomic E-state index is -0.548. The van der Waals surface area contributed by atoms with Crippen LogP contribution >= 0.6 is 0 Å². The van der Waals surface area contributed by atoms with Gasteiger partial charge in [0.2, 0.25) is 5.91 Å². The second-order valence-corrected chi connectivity index (χ2v) is 34.2. The van der Waals surface area contributed by atoms with Crippen LogP contribution in [0.2, 0.25) is 0 Å². The van der Waals surface area contributed by atoms with Crippen LogP contribution in [0.25, 0.3) is 0 Å². The molecule has 19 heteroatoms. The number of carbonyl (C=O) groups excluding carboxylic acids is 8. The molecule has 6 aromatic rings. The van der Waals surface area contributed by atoms with Crippen molar-refractivity contribution in [1.82, 2.24) is 5.48 Å². The predicted molar refractivity (Wildman–Crippen MR) is 468 cm³/mol. The fraction of sp³-hybridized carbons (Fsp3) is 0.576. The first-order valence-electron chi connectivity index (χ1n) is 42.8. The summed E-state index contributed by atoms with van der Waals surface area (Å²) in [7, 11) is 0. The molecule has 1 amide bonds. The van der Waals surface area contributed by atoms with Crippen molar-refractivity contribution in [2.24, 2.45) is 16.2 Å². The Balaban J connectivity index is 0.00000161. The third kappa shape index (κ3) is 35.3. The third-order valence-electron chi connectivity index (χ3n) is 23.0. The van der Waals surface area contributed by atoms with Crippen molar-refractivity contribution in [3.8, 4) is 23.0 Å². The molecule has 0 aliphatic carbocycles. The zero-order chi connectivity index (χ0) is 88.8. The summed E-state index contributed by atoms with van der Waals surface area (Å²) in [6, 6.07) is 39.7. The summed E-state index contributed by atoms with van der Waals surface area (Å²) in [5, 5.41) is 39.5. The number of halogens is 1. The van der Waals surface area contributed by atoms with Crippen LogP contribution in [0.4, 0.5) is 0 Å². The van der Waals surface area contributed by atoms with Crippen molar-refractivity contribution in [2.75, 3.05) is 26.4 Å². The summed E-state index contributed by atoms with van der Waals surface area (Å²) in [4.78, 5) is 79.9. The van der Waals surface area contributed by atoms with Crippen LogP contribution in [0.15, 0.2) is 115 Å². The van der Waals surface area contributed by atoms with E-state index in [0.29, 0.717) is 37.9 Å². The number of aliphatic hydroxyl groups is 3. The molecule has 3 atom stereocenters. The van der Waals surface area contributed by atoms with Crippen LogP contribution < -0.4 is 42.6 Å². The lowest BCUT2D eigenvalue weighted by atomic mass is 9.69. The summed E-state index contributed by atoms with van der Waals surface area (Å²) in [6.07, 6.45) is 20.5. The van der Waals surface area contributed by atoms with Gasteiger partial charge in [0, 0.05) is 46.6 Å². The molecule has 8 N–H and O–H groups in total. The molecule has 6 aromatic carbocycles. The number of rotatable bonds is 42. The molecule has 0 saturated heterocycles. The van der Waals surface area contributed by atoms with Crippen molar-refractivity contribution in [2.45, 2.75) is 328 Å². The number of ether oxygens (including phenoxy) is 4. The van der Waals surface area contributed by atoms with Crippen LogP contribution in [0.5, 0.6) is 23.0 Å². The highest BCUT2D eigenvalue weighted by molar-refractivity contribution is 5.97. The first-order chi connectivity index (χ1) is 55.3. The standard InChI is InChI=1S/C33H50O3.C32H47NO5.C26H36O4.C6H15N.2CO2.ClH/c1-9-12-13-14-15-16-29(34)28-19-17-26(21-24(28)4)33(10-2,11-3)27-18-20-30(25(5)22-27)36-23-31(35)32(6,7)8;1-7-32(8-2,26-19-20-28(23(3)21-26)38-22-29(35)31(4,5)6)25-17-15-24(16-18-25)27(34)13-11-9-10-12-14-30(36)33-37;1-8-26(9-2,21-11-13-23(30-17-27)19(4)15-21)20-10-12-22(18(3)14-20)29-16-24(28)25(5,6)7;1-2-3-4-5-6-7;2*2-1-3;/h17-22,31,35H,9-16,23H2,1-8H3;15-21,29,35,37H,7-14,22H2,1-6H3,(H,33,36);10-15,17,24,28H,8-9,16H2,1-7H3;2-7H2,1H3;;;1H. The third-order valence-corrected chi connectivity index (χ3v) is 23.0. The molecule has 118 heavy (non-hydrogen) atoms. The topological polar surface area (TPSA) is 294 Å². The number of quaternary nitrogens is 1. The van der Waals surface area contributed by atoms with Gasteiger partial charge in [-0.2, -0.15) is 19.2 Å². The number of carbonyl (C=O) groups is 4. The monoisotopic (exact) mass is 1660 g/mol. The molecular formula is C99H149ClN2O16. The fourth-order valence-electron chi connectivity index (χ4n) is 14.4. The van der Waals surface area contributed by atoms with Crippen molar-refractivity contribution in [3.05, 3.63) is 188 Å². The Bertz CT molecular complexity index is 3940. The van der Waals surface area contributed by atoms with Crippen LogP contribution in [0.1, 0.15) is 341 Å². The Kier molecular flexibility index (Phi) is 52.5. The normalized spacial score (nSPS) is 12.1. The Morgan fingerprint density at radius 3 is 0.966 bits per heavy atom. The van der Waals surface area contributed by atoms with Crippen molar-refractivity contribution in [1.29, 1.82) is 0 Å².